The van der Waals surface area contributed by atoms with Crippen molar-refractivity contribution in [3.63, 3.8) is 0 Å². The summed E-state index contributed by atoms with van der Waals surface area (Å²) in [6, 6.07) is 7.64. The van der Waals surface area contributed by atoms with Crippen LogP contribution in [0.4, 0.5) is 5.13 Å². The average molecular weight is 329 g/mol. The molecule has 0 aliphatic rings. The maximum atomic E-state index is 5.29. The van der Waals surface area contributed by atoms with Crippen LogP contribution in [0.1, 0.15) is 0 Å². The molecule has 18 heavy (non-hydrogen) atoms. The molecule has 0 amide bonds. The summed E-state index contributed by atoms with van der Waals surface area (Å²) in [6.45, 7) is 0. The molecule has 0 unspecified atom stereocenters. The van der Waals surface area contributed by atoms with Crippen LogP contribution in [0.15, 0.2) is 34.6 Å². The van der Waals surface area contributed by atoms with Gasteiger partial charge in [0.05, 0.1) is 12.8 Å². The fourth-order valence-corrected chi connectivity index (χ4v) is 2.04. The van der Waals surface area contributed by atoms with Gasteiger partial charge in [0.1, 0.15) is 5.75 Å². The molecule has 0 bridgehead atoms. The van der Waals surface area contributed by atoms with Crippen LogP contribution in [-0.2, 0) is 0 Å². The molecule has 7 heteroatoms. The molecule has 0 radical (unpaired) electrons. The quantitative estimate of drug-likeness (QED) is 0.668. The Morgan fingerprint density at radius 2 is 1.94 bits per heavy atom. The van der Waals surface area contributed by atoms with E-state index in [1.165, 1.54) is 11.3 Å². The number of hydrogen-bond donors (Lipinski definition) is 2. The lowest BCUT2D eigenvalue weighted by Gasteiger charge is -2.00. The van der Waals surface area contributed by atoms with E-state index in [0.717, 1.165) is 17.0 Å². The minimum atomic E-state index is 0. The van der Waals surface area contributed by atoms with E-state index in [4.69, 9.17) is 16.2 Å². The highest BCUT2D eigenvalue weighted by Crippen LogP contribution is 2.27. The third kappa shape index (κ3) is 3.44. The van der Waals surface area contributed by atoms with E-state index in [9.17, 15) is 0 Å². The van der Waals surface area contributed by atoms with Gasteiger partial charge in [0.15, 0.2) is 5.96 Å². The topological polar surface area (TPSA) is 86.5 Å². The Labute approximate surface area is 119 Å². The van der Waals surface area contributed by atoms with E-state index >= 15 is 0 Å². The highest BCUT2D eigenvalue weighted by molar-refractivity contribution is 8.93. The zero-order valence-corrected chi connectivity index (χ0v) is 12.2. The largest absolute Gasteiger partial charge is 0.497 e. The predicted octanol–water partition coefficient (Wildman–Crippen LogP) is 2.30. The van der Waals surface area contributed by atoms with Crippen LogP contribution in [0.2, 0.25) is 0 Å². The summed E-state index contributed by atoms with van der Waals surface area (Å²) < 4.78 is 5.09. The smallest absolute Gasteiger partial charge is 0.212 e. The van der Waals surface area contributed by atoms with Crippen molar-refractivity contribution in [1.29, 1.82) is 0 Å². The number of methoxy groups -OCH3 is 1. The Kier molecular flexibility index (Phi) is 5.11. The van der Waals surface area contributed by atoms with Gasteiger partial charge in [0, 0.05) is 10.9 Å². The Balaban J connectivity index is 0.00000162. The summed E-state index contributed by atoms with van der Waals surface area (Å²) in [7, 11) is 1.63. The van der Waals surface area contributed by atoms with Crippen molar-refractivity contribution in [2.45, 2.75) is 0 Å². The average Bonchev–Trinajstić information content (AvgIpc) is 2.77. The van der Waals surface area contributed by atoms with Gasteiger partial charge < -0.3 is 16.2 Å². The van der Waals surface area contributed by atoms with Crippen LogP contribution in [0, 0.1) is 0 Å². The number of benzene rings is 1. The Bertz CT molecular complexity index is 534. The summed E-state index contributed by atoms with van der Waals surface area (Å²) in [5, 5.41) is 2.46. The second kappa shape index (κ2) is 6.36. The number of nitrogens with two attached hydrogens (primary N) is 2. The molecular weight excluding hydrogens is 316 g/mol. The molecule has 0 saturated carbocycles. The molecule has 1 aromatic carbocycles. The van der Waals surface area contributed by atoms with E-state index in [-0.39, 0.29) is 22.9 Å². The monoisotopic (exact) mass is 328 g/mol. The Morgan fingerprint density at radius 3 is 2.50 bits per heavy atom. The summed E-state index contributed by atoms with van der Waals surface area (Å²) in [6.07, 6.45) is 0. The van der Waals surface area contributed by atoms with Crippen molar-refractivity contribution in [3.05, 3.63) is 29.6 Å². The second-order valence-electron chi connectivity index (χ2n) is 3.28. The van der Waals surface area contributed by atoms with Crippen molar-refractivity contribution >= 4 is 39.4 Å². The van der Waals surface area contributed by atoms with E-state index in [2.05, 4.69) is 9.98 Å². The minimum absolute atomic E-state index is 0. The molecule has 0 aliphatic heterocycles. The van der Waals surface area contributed by atoms with Crippen LogP contribution >= 0.6 is 28.3 Å². The maximum absolute atomic E-state index is 5.29. The first-order chi connectivity index (χ1) is 8.19. The highest BCUT2D eigenvalue weighted by atomic mass is 79.9. The van der Waals surface area contributed by atoms with Gasteiger partial charge in [-0.1, -0.05) is 0 Å². The molecule has 0 atom stereocenters. The molecule has 96 valence electrons. The summed E-state index contributed by atoms with van der Waals surface area (Å²) in [5.41, 5.74) is 12.4. The minimum Gasteiger partial charge on any atom is -0.497 e. The van der Waals surface area contributed by atoms with Crippen molar-refractivity contribution in [2.75, 3.05) is 7.11 Å². The van der Waals surface area contributed by atoms with Gasteiger partial charge >= 0.3 is 0 Å². The third-order valence-corrected chi connectivity index (χ3v) is 2.84. The van der Waals surface area contributed by atoms with Crippen molar-refractivity contribution in [2.24, 2.45) is 16.5 Å². The standard InChI is InChI=1S/C11H12N4OS.BrH/c1-16-8-4-2-7(3-5-8)9-6-17-11(14-9)15-10(12)13;/h2-6H,1H3,(H4,12,13,14,15);1H. The Hall–Kier alpha value is -1.60. The lowest BCUT2D eigenvalue weighted by molar-refractivity contribution is 0.415. The van der Waals surface area contributed by atoms with E-state index in [0.29, 0.717) is 5.13 Å². The fraction of sp³-hybridized carbons (Fsp3) is 0.0909. The number of aromatic nitrogens is 1. The molecule has 0 aliphatic carbocycles. The lowest BCUT2D eigenvalue weighted by atomic mass is 10.2. The van der Waals surface area contributed by atoms with Crippen LogP contribution in [0.3, 0.4) is 0 Å². The molecule has 1 heterocycles. The molecule has 5 nitrogen and oxygen atoms in total. The number of thiazole rings is 1. The summed E-state index contributed by atoms with van der Waals surface area (Å²) in [5.74, 6) is 0.828. The number of ether oxygens (including phenoxy) is 1. The van der Waals surface area contributed by atoms with Gasteiger partial charge in [-0.3, -0.25) is 0 Å². The van der Waals surface area contributed by atoms with E-state index in [1.54, 1.807) is 7.11 Å². The maximum Gasteiger partial charge on any atom is 0.212 e. The van der Waals surface area contributed by atoms with Crippen LogP contribution in [0.5, 0.6) is 5.75 Å². The number of nitrogens with zero attached hydrogens (tertiary/aromatic N) is 2. The number of halogens is 1. The number of rotatable bonds is 3. The zero-order chi connectivity index (χ0) is 12.3. The van der Waals surface area contributed by atoms with Crippen molar-refractivity contribution in [3.8, 4) is 17.0 Å². The lowest BCUT2D eigenvalue weighted by Crippen LogP contribution is -2.21. The zero-order valence-electron chi connectivity index (χ0n) is 9.66. The first-order valence-corrected chi connectivity index (χ1v) is 5.76. The van der Waals surface area contributed by atoms with Crippen LogP contribution < -0.4 is 16.2 Å². The van der Waals surface area contributed by atoms with Gasteiger partial charge in [-0.15, -0.1) is 28.3 Å². The summed E-state index contributed by atoms with van der Waals surface area (Å²) in [4.78, 5) is 8.20. The molecule has 0 spiro atoms. The van der Waals surface area contributed by atoms with Gasteiger partial charge in [0.25, 0.3) is 0 Å². The van der Waals surface area contributed by atoms with Crippen molar-refractivity contribution < 1.29 is 4.74 Å². The first kappa shape index (κ1) is 14.5. The number of guanidine groups is 1. The molecule has 0 saturated heterocycles. The highest BCUT2D eigenvalue weighted by Gasteiger charge is 2.04. The SMILES string of the molecule is Br.COc1ccc(-c2csc(N=C(N)N)n2)cc1. The van der Waals surface area contributed by atoms with E-state index in [1.807, 2.05) is 29.6 Å². The fourth-order valence-electron chi connectivity index (χ4n) is 1.32. The molecule has 0 fully saturated rings. The third-order valence-electron chi connectivity index (χ3n) is 2.10. The number of hydrogen-bond acceptors (Lipinski definition) is 4. The van der Waals surface area contributed by atoms with Crippen molar-refractivity contribution in [1.82, 2.24) is 4.98 Å². The van der Waals surface area contributed by atoms with Gasteiger partial charge in [-0.2, -0.15) is 4.99 Å². The molecule has 4 N–H and O–H groups in total. The predicted molar refractivity (Wildman–Crippen MR) is 79.9 cm³/mol. The summed E-state index contributed by atoms with van der Waals surface area (Å²) >= 11 is 1.39. The van der Waals surface area contributed by atoms with Gasteiger partial charge in [0.2, 0.25) is 5.13 Å². The number of aliphatic imine (C=N–C) groups is 1. The van der Waals surface area contributed by atoms with Crippen LogP contribution in [-0.4, -0.2) is 18.1 Å². The molecule has 1 aromatic heterocycles. The van der Waals surface area contributed by atoms with Crippen LogP contribution in [0.25, 0.3) is 11.3 Å². The molecule has 2 rings (SSSR count). The second-order valence-corrected chi connectivity index (χ2v) is 4.12. The molecular formula is C11H13BrN4OS. The first-order valence-electron chi connectivity index (χ1n) is 4.88. The molecule has 2 aromatic rings. The normalized spacial score (nSPS) is 9.39. The van der Waals surface area contributed by atoms with Gasteiger partial charge in [-0.05, 0) is 24.3 Å². The van der Waals surface area contributed by atoms with Gasteiger partial charge in [-0.25, -0.2) is 4.98 Å². The Morgan fingerprint density at radius 1 is 1.28 bits per heavy atom. The van der Waals surface area contributed by atoms with E-state index < -0.39 is 0 Å².